The molecule has 2 aromatic rings. The zero-order valence-electron chi connectivity index (χ0n) is 14.2. The van der Waals surface area contributed by atoms with Gasteiger partial charge in [-0.1, -0.05) is 0 Å². The molecule has 1 N–H and O–H groups in total. The second kappa shape index (κ2) is 7.87. The van der Waals surface area contributed by atoms with E-state index in [1.165, 1.54) is 4.90 Å². The predicted octanol–water partition coefficient (Wildman–Crippen LogP) is -0.257. The molecule has 0 unspecified atom stereocenters. The molecule has 1 saturated heterocycles. The summed E-state index contributed by atoms with van der Waals surface area (Å²) >= 11 is 1.58. The Morgan fingerprint density at radius 1 is 1.46 bits per heavy atom. The molecule has 2 aromatic heterocycles. The van der Waals surface area contributed by atoms with Crippen LogP contribution in [0.25, 0.3) is 0 Å². The number of nitrogens with zero attached hydrogens (tertiary/aromatic N) is 4. The van der Waals surface area contributed by atoms with E-state index in [2.05, 4.69) is 10.1 Å². The van der Waals surface area contributed by atoms with Gasteiger partial charge in [-0.25, -0.2) is 4.98 Å². The number of carbonyl (C=O) groups excluding carboxylic acids is 1. The fraction of sp³-hybridized carbons (Fsp3) is 0.562. The molecule has 7 nitrogen and oxygen atoms in total. The van der Waals surface area contributed by atoms with E-state index in [1.807, 2.05) is 30.3 Å². The van der Waals surface area contributed by atoms with Crippen LogP contribution in [-0.2, 0) is 18.3 Å². The van der Waals surface area contributed by atoms with Crippen molar-refractivity contribution in [3.63, 3.8) is 0 Å². The number of aromatic nitrogens is 3. The van der Waals surface area contributed by atoms with Crippen LogP contribution in [0.3, 0.4) is 0 Å². The zero-order chi connectivity index (χ0) is 16.9. The summed E-state index contributed by atoms with van der Waals surface area (Å²) in [6, 6.07) is 1.85. The van der Waals surface area contributed by atoms with Crippen LogP contribution in [0.2, 0.25) is 0 Å². The highest BCUT2D eigenvalue weighted by atomic mass is 32.1. The molecule has 1 aliphatic rings. The molecule has 1 fully saturated rings. The first-order valence-electron chi connectivity index (χ1n) is 8.23. The third-order valence-corrected chi connectivity index (χ3v) is 5.13. The maximum atomic E-state index is 12.9. The maximum Gasteiger partial charge on any atom is 0.274 e. The molecule has 0 spiro atoms. The number of hydrogen-bond donors (Lipinski definition) is 1. The Labute approximate surface area is 145 Å². The Kier molecular flexibility index (Phi) is 5.60. The van der Waals surface area contributed by atoms with E-state index in [0.29, 0.717) is 18.8 Å². The van der Waals surface area contributed by atoms with Gasteiger partial charge in [-0.15, -0.1) is 11.3 Å². The first-order chi connectivity index (χ1) is 11.6. The van der Waals surface area contributed by atoms with Crippen molar-refractivity contribution in [3.8, 4) is 0 Å². The number of nitrogens with one attached hydrogen (secondary N) is 1. The van der Waals surface area contributed by atoms with Crippen LogP contribution in [0, 0.1) is 6.92 Å². The van der Waals surface area contributed by atoms with Gasteiger partial charge in [-0.3, -0.25) is 9.48 Å². The minimum Gasteiger partial charge on any atom is -0.370 e. The summed E-state index contributed by atoms with van der Waals surface area (Å²) in [4.78, 5) is 20.6. The van der Waals surface area contributed by atoms with E-state index in [4.69, 9.17) is 4.74 Å². The maximum absolute atomic E-state index is 12.9. The average Bonchev–Trinajstić information content (AvgIpc) is 3.22. The molecule has 0 aliphatic carbocycles. The van der Waals surface area contributed by atoms with Crippen LogP contribution in [0.4, 0.5) is 0 Å². The Morgan fingerprint density at radius 2 is 2.25 bits per heavy atom. The molecule has 0 radical (unpaired) electrons. The van der Waals surface area contributed by atoms with Gasteiger partial charge < -0.3 is 14.5 Å². The van der Waals surface area contributed by atoms with Crippen LogP contribution in [0.5, 0.6) is 0 Å². The van der Waals surface area contributed by atoms with E-state index in [1.54, 1.807) is 22.2 Å². The quantitative estimate of drug-likeness (QED) is 0.780. The van der Waals surface area contributed by atoms with E-state index in [0.717, 1.165) is 43.5 Å². The first-order valence-corrected chi connectivity index (χ1v) is 9.11. The fourth-order valence-electron chi connectivity index (χ4n) is 2.78. The van der Waals surface area contributed by atoms with Crippen LogP contribution >= 0.6 is 11.3 Å². The number of amides is 1. The number of hydrogen-bond acceptors (Lipinski definition) is 5. The third-order valence-electron chi connectivity index (χ3n) is 4.36. The van der Waals surface area contributed by atoms with Crippen molar-refractivity contribution in [2.24, 2.45) is 7.05 Å². The topological polar surface area (TPSA) is 64.7 Å². The normalized spacial score (nSPS) is 15.6. The summed E-state index contributed by atoms with van der Waals surface area (Å²) in [6.45, 7) is 7.72. The number of carbonyl (C=O) groups is 1. The van der Waals surface area contributed by atoms with Crippen molar-refractivity contribution < 1.29 is 14.4 Å². The minimum absolute atomic E-state index is 0.0263. The Bertz CT molecular complexity index is 645. The fourth-order valence-corrected chi connectivity index (χ4v) is 3.41. The highest BCUT2D eigenvalue weighted by Crippen LogP contribution is 2.12. The lowest BCUT2D eigenvalue weighted by molar-refractivity contribution is -0.907. The molecular formula is C16H24N5O2S+. The highest BCUT2D eigenvalue weighted by molar-refractivity contribution is 7.09. The lowest BCUT2D eigenvalue weighted by Crippen LogP contribution is -3.14. The summed E-state index contributed by atoms with van der Waals surface area (Å²) in [5, 5.41) is 7.23. The average molecular weight is 350 g/mol. The van der Waals surface area contributed by atoms with Gasteiger partial charge in [0.15, 0.2) is 5.69 Å². The SMILES string of the molecule is Cc1cc(C(=O)N(CC[NH+]2CCOCC2)Cc2nccs2)nn1C. The highest BCUT2D eigenvalue weighted by Gasteiger charge is 2.23. The summed E-state index contributed by atoms with van der Waals surface area (Å²) in [7, 11) is 1.86. The number of aryl methyl sites for hydroxylation is 2. The predicted molar refractivity (Wildman–Crippen MR) is 91.2 cm³/mol. The number of rotatable bonds is 6. The van der Waals surface area contributed by atoms with E-state index in [-0.39, 0.29) is 5.91 Å². The zero-order valence-corrected chi connectivity index (χ0v) is 15.0. The number of morpholine rings is 1. The summed E-state index contributed by atoms with van der Waals surface area (Å²) in [5.41, 5.74) is 1.48. The van der Waals surface area contributed by atoms with Crippen molar-refractivity contribution in [3.05, 3.63) is 34.0 Å². The smallest absolute Gasteiger partial charge is 0.274 e. The Morgan fingerprint density at radius 3 is 2.88 bits per heavy atom. The first kappa shape index (κ1) is 17.1. The standard InChI is InChI=1S/C16H23N5O2S/c1-13-11-14(18-19(13)2)16(22)21(12-15-17-3-10-24-15)5-4-20-6-8-23-9-7-20/h3,10-11H,4-9,12H2,1-2H3/p+1. The summed E-state index contributed by atoms with van der Waals surface area (Å²) in [5.74, 6) is -0.0263. The lowest BCUT2D eigenvalue weighted by atomic mass is 10.3. The molecule has 1 amide bonds. The molecule has 0 bridgehead atoms. The van der Waals surface area contributed by atoms with Crippen molar-refractivity contribution in [2.75, 3.05) is 39.4 Å². The van der Waals surface area contributed by atoms with E-state index >= 15 is 0 Å². The molecular weight excluding hydrogens is 326 g/mol. The molecule has 0 aromatic carbocycles. The van der Waals surface area contributed by atoms with Crippen molar-refractivity contribution >= 4 is 17.2 Å². The van der Waals surface area contributed by atoms with Crippen LogP contribution in [0.15, 0.2) is 17.6 Å². The number of ether oxygens (including phenoxy) is 1. The van der Waals surface area contributed by atoms with Gasteiger partial charge in [-0.2, -0.15) is 5.10 Å². The monoisotopic (exact) mass is 350 g/mol. The van der Waals surface area contributed by atoms with Gasteiger partial charge >= 0.3 is 0 Å². The van der Waals surface area contributed by atoms with Crippen LogP contribution in [0.1, 0.15) is 21.2 Å². The lowest BCUT2D eigenvalue weighted by Gasteiger charge is -2.27. The molecule has 8 heteroatoms. The molecule has 0 atom stereocenters. The molecule has 1 aliphatic heterocycles. The second-order valence-corrected chi connectivity index (χ2v) is 7.04. The van der Waals surface area contributed by atoms with Crippen LogP contribution in [-0.4, -0.2) is 65.0 Å². The third kappa shape index (κ3) is 4.19. The van der Waals surface area contributed by atoms with Gasteiger partial charge in [0.1, 0.15) is 18.1 Å². The number of thiazole rings is 1. The Hall–Kier alpha value is -1.77. The van der Waals surface area contributed by atoms with Crippen LogP contribution < -0.4 is 4.90 Å². The number of quaternary nitrogens is 1. The van der Waals surface area contributed by atoms with E-state index in [9.17, 15) is 4.79 Å². The molecule has 0 saturated carbocycles. The largest absolute Gasteiger partial charge is 0.370 e. The second-order valence-electron chi connectivity index (χ2n) is 6.06. The van der Waals surface area contributed by atoms with E-state index < -0.39 is 0 Å². The van der Waals surface area contributed by atoms with Gasteiger partial charge in [0.05, 0.1) is 32.8 Å². The summed E-state index contributed by atoms with van der Waals surface area (Å²) in [6.07, 6.45) is 1.78. The Balaban J connectivity index is 1.69. The van der Waals surface area contributed by atoms with Gasteiger partial charge in [0, 0.05) is 24.3 Å². The van der Waals surface area contributed by atoms with Crippen molar-refractivity contribution in [1.82, 2.24) is 19.7 Å². The summed E-state index contributed by atoms with van der Waals surface area (Å²) < 4.78 is 7.14. The molecule has 24 heavy (non-hydrogen) atoms. The minimum atomic E-state index is -0.0263. The van der Waals surface area contributed by atoms with Gasteiger partial charge in [0.2, 0.25) is 0 Å². The van der Waals surface area contributed by atoms with Crippen molar-refractivity contribution in [2.45, 2.75) is 13.5 Å². The van der Waals surface area contributed by atoms with Crippen molar-refractivity contribution in [1.29, 1.82) is 0 Å². The molecule has 3 heterocycles. The molecule has 130 valence electrons. The molecule has 3 rings (SSSR count). The van der Waals surface area contributed by atoms with Gasteiger partial charge in [-0.05, 0) is 13.0 Å². The van der Waals surface area contributed by atoms with Gasteiger partial charge in [0.25, 0.3) is 5.91 Å².